The van der Waals surface area contributed by atoms with Crippen LogP contribution in [0.15, 0.2) is 60.7 Å². The zero-order valence-corrected chi connectivity index (χ0v) is 15.1. The van der Waals surface area contributed by atoms with E-state index >= 15 is 0 Å². The number of rotatable bonds is 3. The molecule has 2 aliphatic heterocycles. The highest BCUT2D eigenvalue weighted by Crippen LogP contribution is 2.47. The lowest BCUT2D eigenvalue weighted by Gasteiger charge is -2.24. The molecule has 0 fully saturated rings. The third-order valence-electron chi connectivity index (χ3n) is 5.25. The standard InChI is InChI=1S/C22H15F2NO4/c23-16-7-5-13(9-17(16)24)11-25-18-4-2-1-3-15(18)22(27,21(25)26)14-6-8-19-20(10-14)29-12-28-19/h1-10,27H,11-12H2. The molecule has 2 aliphatic rings. The van der Waals surface area contributed by atoms with Crippen molar-refractivity contribution in [3.05, 3.63) is 89.0 Å². The van der Waals surface area contributed by atoms with Gasteiger partial charge in [0.15, 0.2) is 28.7 Å². The second-order valence-corrected chi connectivity index (χ2v) is 6.94. The predicted octanol–water partition coefficient (Wildman–Crippen LogP) is 3.48. The lowest BCUT2D eigenvalue weighted by atomic mass is 9.87. The van der Waals surface area contributed by atoms with Crippen LogP contribution in [0.4, 0.5) is 14.5 Å². The molecule has 0 radical (unpaired) electrons. The maximum atomic E-state index is 13.6. The molecule has 1 unspecified atom stereocenters. The summed E-state index contributed by atoms with van der Waals surface area (Å²) < 4.78 is 37.6. The van der Waals surface area contributed by atoms with E-state index in [0.717, 1.165) is 12.1 Å². The molecule has 0 bridgehead atoms. The highest BCUT2D eigenvalue weighted by molar-refractivity contribution is 6.09. The first-order valence-electron chi connectivity index (χ1n) is 8.96. The summed E-state index contributed by atoms with van der Waals surface area (Å²) >= 11 is 0. The smallest absolute Gasteiger partial charge is 0.268 e. The van der Waals surface area contributed by atoms with Gasteiger partial charge in [0.2, 0.25) is 6.79 Å². The number of halogens is 2. The van der Waals surface area contributed by atoms with Crippen molar-refractivity contribution in [3.8, 4) is 11.5 Å². The van der Waals surface area contributed by atoms with Crippen molar-refractivity contribution in [3.63, 3.8) is 0 Å². The molecule has 0 saturated carbocycles. The fourth-order valence-corrected chi connectivity index (χ4v) is 3.81. The van der Waals surface area contributed by atoms with E-state index in [4.69, 9.17) is 9.47 Å². The second kappa shape index (κ2) is 6.28. The Morgan fingerprint density at radius 2 is 1.76 bits per heavy atom. The summed E-state index contributed by atoms with van der Waals surface area (Å²) in [5.74, 6) is -1.55. The molecule has 5 rings (SSSR count). The molecule has 7 heteroatoms. The number of fused-ring (bicyclic) bond motifs is 2. The Bertz CT molecular complexity index is 1150. The van der Waals surface area contributed by atoms with E-state index in [1.807, 2.05) is 0 Å². The molecule has 3 aromatic carbocycles. The average molecular weight is 395 g/mol. The third kappa shape index (κ3) is 2.58. The second-order valence-electron chi connectivity index (χ2n) is 6.94. The Balaban J connectivity index is 1.59. The van der Waals surface area contributed by atoms with Crippen molar-refractivity contribution in [2.75, 3.05) is 11.7 Å². The van der Waals surface area contributed by atoms with Crippen molar-refractivity contribution in [1.29, 1.82) is 0 Å². The molecule has 146 valence electrons. The minimum Gasteiger partial charge on any atom is -0.454 e. The number of hydrogen-bond acceptors (Lipinski definition) is 4. The summed E-state index contributed by atoms with van der Waals surface area (Å²) in [6.45, 7) is 0.0594. The number of aliphatic hydroxyl groups is 1. The fraction of sp³-hybridized carbons (Fsp3) is 0.136. The molecular formula is C22H15F2NO4. The van der Waals surface area contributed by atoms with Crippen molar-refractivity contribution in [2.24, 2.45) is 0 Å². The maximum Gasteiger partial charge on any atom is 0.268 e. The number of carbonyl (C=O) groups excluding carboxylic acids is 1. The van der Waals surface area contributed by atoms with Crippen LogP contribution in [0.3, 0.4) is 0 Å². The minimum absolute atomic E-state index is 0.0140. The van der Waals surface area contributed by atoms with Crippen LogP contribution in [0.5, 0.6) is 11.5 Å². The van der Waals surface area contributed by atoms with Gasteiger partial charge in [-0.25, -0.2) is 8.78 Å². The number of benzene rings is 3. The summed E-state index contributed by atoms with van der Waals surface area (Å²) in [4.78, 5) is 14.7. The fourth-order valence-electron chi connectivity index (χ4n) is 3.81. The van der Waals surface area contributed by atoms with E-state index in [2.05, 4.69) is 0 Å². The summed E-state index contributed by atoms with van der Waals surface area (Å²) in [5, 5.41) is 11.5. The van der Waals surface area contributed by atoms with Crippen LogP contribution in [0.25, 0.3) is 0 Å². The third-order valence-corrected chi connectivity index (χ3v) is 5.25. The van der Waals surface area contributed by atoms with Gasteiger partial charge in [-0.2, -0.15) is 0 Å². The van der Waals surface area contributed by atoms with Crippen LogP contribution < -0.4 is 14.4 Å². The van der Waals surface area contributed by atoms with Crippen LogP contribution in [-0.2, 0) is 16.9 Å². The zero-order valence-electron chi connectivity index (χ0n) is 15.1. The van der Waals surface area contributed by atoms with Crippen molar-refractivity contribution < 1.29 is 28.2 Å². The molecule has 0 saturated heterocycles. The van der Waals surface area contributed by atoms with Gasteiger partial charge in [-0.05, 0) is 35.9 Å². The SMILES string of the molecule is O=C1N(Cc2ccc(F)c(F)c2)c2ccccc2C1(O)c1ccc2c(c1)OCO2. The van der Waals surface area contributed by atoms with Gasteiger partial charge in [0.05, 0.1) is 12.2 Å². The normalized spacial score (nSPS) is 19.6. The first kappa shape index (κ1) is 17.6. The molecule has 29 heavy (non-hydrogen) atoms. The Morgan fingerprint density at radius 1 is 0.966 bits per heavy atom. The van der Waals surface area contributed by atoms with Gasteiger partial charge < -0.3 is 19.5 Å². The van der Waals surface area contributed by atoms with Gasteiger partial charge in [0, 0.05) is 11.1 Å². The molecule has 1 N–H and O–H groups in total. The van der Waals surface area contributed by atoms with Crippen LogP contribution in [0.2, 0.25) is 0 Å². The Morgan fingerprint density at radius 3 is 2.59 bits per heavy atom. The zero-order chi connectivity index (χ0) is 20.2. The quantitative estimate of drug-likeness (QED) is 0.738. The number of anilines is 1. The van der Waals surface area contributed by atoms with Crippen molar-refractivity contribution >= 4 is 11.6 Å². The first-order valence-corrected chi connectivity index (χ1v) is 8.96. The van der Waals surface area contributed by atoms with Gasteiger partial charge in [0.25, 0.3) is 5.91 Å². The average Bonchev–Trinajstić information content (AvgIpc) is 3.28. The Kier molecular flexibility index (Phi) is 3.82. The Labute approximate surface area is 164 Å². The van der Waals surface area contributed by atoms with E-state index in [1.54, 1.807) is 42.5 Å². The van der Waals surface area contributed by atoms with Crippen molar-refractivity contribution in [1.82, 2.24) is 0 Å². The number of hydrogen-bond donors (Lipinski definition) is 1. The highest BCUT2D eigenvalue weighted by Gasteiger charge is 2.51. The van der Waals surface area contributed by atoms with E-state index in [0.29, 0.717) is 33.9 Å². The minimum atomic E-state index is -1.93. The number of amides is 1. The van der Waals surface area contributed by atoms with E-state index in [1.165, 1.54) is 11.0 Å². The van der Waals surface area contributed by atoms with Crippen molar-refractivity contribution in [2.45, 2.75) is 12.1 Å². The number of nitrogens with zero attached hydrogens (tertiary/aromatic N) is 1. The van der Waals surface area contributed by atoms with E-state index in [9.17, 15) is 18.7 Å². The summed E-state index contributed by atoms with van der Waals surface area (Å²) in [7, 11) is 0. The Hall–Kier alpha value is -3.45. The molecule has 0 aliphatic carbocycles. The lowest BCUT2D eigenvalue weighted by molar-refractivity contribution is -0.132. The number of ether oxygens (including phenoxy) is 2. The summed E-state index contributed by atoms with van der Waals surface area (Å²) in [5.41, 5.74) is -0.279. The van der Waals surface area contributed by atoms with Crippen LogP contribution in [0.1, 0.15) is 16.7 Å². The monoisotopic (exact) mass is 395 g/mol. The highest BCUT2D eigenvalue weighted by atomic mass is 19.2. The van der Waals surface area contributed by atoms with Crippen LogP contribution in [0, 0.1) is 11.6 Å². The van der Waals surface area contributed by atoms with Gasteiger partial charge >= 0.3 is 0 Å². The van der Waals surface area contributed by atoms with Gasteiger partial charge in [-0.1, -0.05) is 30.3 Å². The summed E-state index contributed by atoms with van der Waals surface area (Å²) in [6.07, 6.45) is 0. The topological polar surface area (TPSA) is 59.0 Å². The molecule has 2 heterocycles. The molecule has 1 amide bonds. The molecular weight excluding hydrogens is 380 g/mol. The largest absolute Gasteiger partial charge is 0.454 e. The lowest BCUT2D eigenvalue weighted by Crippen LogP contribution is -2.40. The van der Waals surface area contributed by atoms with E-state index < -0.39 is 23.1 Å². The molecule has 0 aromatic heterocycles. The first-order chi connectivity index (χ1) is 14.0. The van der Waals surface area contributed by atoms with Gasteiger partial charge in [-0.3, -0.25) is 4.79 Å². The predicted molar refractivity (Wildman–Crippen MR) is 99.6 cm³/mol. The maximum absolute atomic E-state index is 13.6. The van der Waals surface area contributed by atoms with Gasteiger partial charge in [0.1, 0.15) is 0 Å². The molecule has 5 nitrogen and oxygen atoms in total. The molecule has 0 spiro atoms. The van der Waals surface area contributed by atoms with E-state index in [-0.39, 0.29) is 13.3 Å². The molecule has 3 aromatic rings. The van der Waals surface area contributed by atoms with Gasteiger partial charge in [-0.15, -0.1) is 0 Å². The van der Waals surface area contributed by atoms with Crippen LogP contribution >= 0.6 is 0 Å². The molecule has 1 atom stereocenters. The van der Waals surface area contributed by atoms with Crippen LogP contribution in [-0.4, -0.2) is 17.8 Å². The number of para-hydroxylation sites is 1. The number of carbonyl (C=O) groups is 1. The summed E-state index contributed by atoms with van der Waals surface area (Å²) in [6, 6.07) is 15.2.